The number of rotatable bonds is 0. The fraction of sp³-hybridized carbons (Fsp3) is 0.636. The third-order valence-corrected chi connectivity index (χ3v) is 3.55. The van der Waals surface area contributed by atoms with E-state index in [0.29, 0.717) is 5.69 Å². The van der Waals surface area contributed by atoms with Crippen molar-refractivity contribution in [1.29, 1.82) is 5.26 Å². The van der Waals surface area contributed by atoms with Gasteiger partial charge in [-0.15, -0.1) is 0 Å². The number of nitriles is 1. The molecule has 0 bridgehead atoms. The highest BCUT2D eigenvalue weighted by molar-refractivity contribution is 7.98. The fourth-order valence-electron chi connectivity index (χ4n) is 1.88. The number of fused-ring (bicyclic) bond motifs is 1. The van der Waals surface area contributed by atoms with Gasteiger partial charge in [0.25, 0.3) is 0 Å². The lowest BCUT2D eigenvalue weighted by Crippen LogP contribution is -2.26. The van der Waals surface area contributed by atoms with Crippen molar-refractivity contribution in [3.8, 4) is 6.07 Å². The van der Waals surface area contributed by atoms with Crippen LogP contribution in [0.1, 0.15) is 37.7 Å². The third-order valence-electron chi connectivity index (χ3n) is 2.56. The standard InChI is InChI=1S/C11H15N3S/c1-11(2,3)14-10-4-5-15-7-8(10)9(6-12)13-14/h4-5,7H2,1-3H3. The van der Waals surface area contributed by atoms with Crippen LogP contribution < -0.4 is 0 Å². The predicted molar refractivity (Wildman–Crippen MR) is 61.8 cm³/mol. The summed E-state index contributed by atoms with van der Waals surface area (Å²) in [5, 5.41) is 13.5. The van der Waals surface area contributed by atoms with Crippen molar-refractivity contribution in [2.45, 2.75) is 38.5 Å². The van der Waals surface area contributed by atoms with Crippen molar-refractivity contribution >= 4 is 11.8 Å². The minimum Gasteiger partial charge on any atom is -0.263 e. The zero-order valence-electron chi connectivity index (χ0n) is 9.37. The molecule has 0 spiro atoms. The summed E-state index contributed by atoms with van der Waals surface area (Å²) in [5.41, 5.74) is 3.01. The molecule has 4 heteroatoms. The van der Waals surface area contributed by atoms with Gasteiger partial charge in [-0.25, -0.2) is 0 Å². The molecule has 0 fully saturated rings. The van der Waals surface area contributed by atoms with Crippen LogP contribution in [-0.4, -0.2) is 15.5 Å². The minimum atomic E-state index is -0.0266. The summed E-state index contributed by atoms with van der Waals surface area (Å²) in [6.07, 6.45) is 1.03. The lowest BCUT2D eigenvalue weighted by Gasteiger charge is -2.24. The van der Waals surface area contributed by atoms with Gasteiger partial charge in [-0.1, -0.05) is 0 Å². The summed E-state index contributed by atoms with van der Waals surface area (Å²) < 4.78 is 2.03. The van der Waals surface area contributed by atoms with E-state index in [4.69, 9.17) is 5.26 Å². The Bertz CT molecular complexity index is 420. The van der Waals surface area contributed by atoms with Crippen LogP contribution in [0.2, 0.25) is 0 Å². The summed E-state index contributed by atoms with van der Waals surface area (Å²) >= 11 is 1.89. The lowest BCUT2D eigenvalue weighted by atomic mass is 10.1. The number of hydrogen-bond donors (Lipinski definition) is 0. The zero-order chi connectivity index (χ0) is 11.1. The summed E-state index contributed by atoms with van der Waals surface area (Å²) in [7, 11) is 0. The Morgan fingerprint density at radius 2 is 2.20 bits per heavy atom. The minimum absolute atomic E-state index is 0.0266. The molecule has 2 rings (SSSR count). The molecule has 1 aliphatic heterocycles. The van der Waals surface area contributed by atoms with E-state index in [-0.39, 0.29) is 5.54 Å². The molecule has 0 saturated heterocycles. The number of hydrogen-bond acceptors (Lipinski definition) is 3. The Morgan fingerprint density at radius 1 is 1.47 bits per heavy atom. The molecule has 2 heterocycles. The quantitative estimate of drug-likeness (QED) is 0.675. The molecule has 0 aromatic carbocycles. The fourth-order valence-corrected chi connectivity index (χ4v) is 2.87. The largest absolute Gasteiger partial charge is 0.263 e. The number of aromatic nitrogens is 2. The number of nitrogens with zero attached hydrogens (tertiary/aromatic N) is 3. The van der Waals surface area contributed by atoms with Crippen LogP contribution in [0.5, 0.6) is 0 Å². The highest BCUT2D eigenvalue weighted by atomic mass is 32.2. The molecule has 0 unspecified atom stereocenters. The monoisotopic (exact) mass is 221 g/mol. The van der Waals surface area contributed by atoms with Crippen LogP contribution in [0, 0.1) is 11.3 Å². The molecule has 0 aliphatic carbocycles. The third kappa shape index (κ3) is 1.76. The van der Waals surface area contributed by atoms with E-state index in [1.54, 1.807) is 0 Å². The molecule has 0 saturated carbocycles. The average molecular weight is 221 g/mol. The molecule has 0 N–H and O–H groups in total. The van der Waals surface area contributed by atoms with E-state index in [1.807, 2.05) is 16.4 Å². The van der Waals surface area contributed by atoms with Crippen LogP contribution in [-0.2, 0) is 17.7 Å². The van der Waals surface area contributed by atoms with Crippen molar-refractivity contribution in [1.82, 2.24) is 9.78 Å². The molecule has 0 atom stereocenters. The van der Waals surface area contributed by atoms with Gasteiger partial charge in [0.1, 0.15) is 6.07 Å². The topological polar surface area (TPSA) is 41.6 Å². The van der Waals surface area contributed by atoms with E-state index in [2.05, 4.69) is 31.9 Å². The molecule has 0 amide bonds. The second-order valence-electron chi connectivity index (χ2n) is 4.77. The molecular formula is C11H15N3S. The van der Waals surface area contributed by atoms with Crippen molar-refractivity contribution in [3.05, 3.63) is 17.0 Å². The van der Waals surface area contributed by atoms with Gasteiger partial charge in [-0.2, -0.15) is 22.1 Å². The summed E-state index contributed by atoms with van der Waals surface area (Å²) in [5.74, 6) is 2.08. The van der Waals surface area contributed by atoms with E-state index in [9.17, 15) is 0 Å². The predicted octanol–water partition coefficient (Wildman–Crippen LogP) is 2.30. The van der Waals surface area contributed by atoms with Crippen LogP contribution >= 0.6 is 11.8 Å². The van der Waals surface area contributed by atoms with Crippen LogP contribution in [0.3, 0.4) is 0 Å². The zero-order valence-corrected chi connectivity index (χ0v) is 10.2. The summed E-state index contributed by atoms with van der Waals surface area (Å²) in [4.78, 5) is 0. The highest BCUT2D eigenvalue weighted by Gasteiger charge is 2.26. The summed E-state index contributed by atoms with van der Waals surface area (Å²) in [6.45, 7) is 6.38. The van der Waals surface area contributed by atoms with Gasteiger partial charge < -0.3 is 0 Å². The van der Waals surface area contributed by atoms with Gasteiger partial charge in [0, 0.05) is 17.0 Å². The van der Waals surface area contributed by atoms with E-state index < -0.39 is 0 Å². The Kier molecular flexibility index (Phi) is 2.51. The Hall–Kier alpha value is -0.950. The van der Waals surface area contributed by atoms with Gasteiger partial charge >= 0.3 is 0 Å². The lowest BCUT2D eigenvalue weighted by molar-refractivity contribution is 0.343. The van der Waals surface area contributed by atoms with Crippen molar-refractivity contribution in [2.24, 2.45) is 0 Å². The van der Waals surface area contributed by atoms with E-state index >= 15 is 0 Å². The van der Waals surface area contributed by atoms with Gasteiger partial charge in [-0.3, -0.25) is 4.68 Å². The average Bonchev–Trinajstić information content (AvgIpc) is 2.55. The van der Waals surface area contributed by atoms with Crippen molar-refractivity contribution < 1.29 is 0 Å². The molecule has 3 nitrogen and oxygen atoms in total. The maximum atomic E-state index is 9.04. The maximum absolute atomic E-state index is 9.04. The molecule has 1 aliphatic rings. The van der Waals surface area contributed by atoms with Gasteiger partial charge in [0.15, 0.2) is 5.69 Å². The first-order chi connectivity index (χ1) is 7.04. The number of thioether (sulfide) groups is 1. The van der Waals surface area contributed by atoms with Crippen molar-refractivity contribution in [3.63, 3.8) is 0 Å². The first-order valence-corrected chi connectivity index (χ1v) is 6.28. The molecule has 80 valence electrons. The van der Waals surface area contributed by atoms with Crippen LogP contribution in [0.25, 0.3) is 0 Å². The Balaban J connectivity index is 2.58. The Labute approximate surface area is 94.5 Å². The van der Waals surface area contributed by atoms with Gasteiger partial charge in [0.05, 0.1) is 5.54 Å². The maximum Gasteiger partial charge on any atom is 0.166 e. The molecule has 1 aromatic heterocycles. The summed E-state index contributed by atoms with van der Waals surface area (Å²) in [6, 6.07) is 2.20. The highest BCUT2D eigenvalue weighted by Crippen LogP contribution is 2.30. The first-order valence-electron chi connectivity index (χ1n) is 5.13. The molecular weight excluding hydrogens is 206 g/mol. The molecule has 0 radical (unpaired) electrons. The van der Waals surface area contributed by atoms with Gasteiger partial charge in [0.2, 0.25) is 0 Å². The van der Waals surface area contributed by atoms with Crippen molar-refractivity contribution in [2.75, 3.05) is 5.75 Å². The Morgan fingerprint density at radius 3 is 2.80 bits per heavy atom. The van der Waals surface area contributed by atoms with Gasteiger partial charge in [-0.05, 0) is 32.9 Å². The van der Waals surface area contributed by atoms with E-state index in [1.165, 1.54) is 5.69 Å². The normalized spacial score (nSPS) is 15.9. The molecule has 1 aromatic rings. The molecule has 15 heavy (non-hydrogen) atoms. The second kappa shape index (κ2) is 3.57. The second-order valence-corrected chi connectivity index (χ2v) is 5.88. The van der Waals surface area contributed by atoms with Crippen LogP contribution in [0.4, 0.5) is 0 Å². The SMILES string of the molecule is CC(C)(C)n1nc(C#N)c2c1CCSC2. The van der Waals surface area contributed by atoms with E-state index in [0.717, 1.165) is 23.5 Å². The van der Waals surface area contributed by atoms with Crippen LogP contribution in [0.15, 0.2) is 0 Å². The first kappa shape index (κ1) is 10.6. The smallest absolute Gasteiger partial charge is 0.166 e.